The highest BCUT2D eigenvalue weighted by Gasteiger charge is 2.32. The van der Waals surface area contributed by atoms with Crippen LogP contribution in [0.4, 0.5) is 0 Å². The Bertz CT molecular complexity index is 920. The molecule has 0 spiro atoms. The van der Waals surface area contributed by atoms with Crippen molar-refractivity contribution in [1.82, 2.24) is 10.2 Å². The van der Waals surface area contributed by atoms with Gasteiger partial charge in [0.15, 0.2) is 5.11 Å². The number of carbonyl (C=O) groups excluding carboxylic acids is 2. The van der Waals surface area contributed by atoms with Crippen molar-refractivity contribution in [2.75, 3.05) is 6.54 Å². The summed E-state index contributed by atoms with van der Waals surface area (Å²) in [6.45, 7) is 2.13. The monoisotopic (exact) mass is 394 g/mol. The van der Waals surface area contributed by atoms with Gasteiger partial charge in [0.25, 0.3) is 11.8 Å². The first-order chi connectivity index (χ1) is 11.9. The van der Waals surface area contributed by atoms with Crippen LogP contribution in [-0.2, 0) is 9.59 Å². The number of likely N-dealkylation sites (N-methyl/N-ethyl adjacent to an activating group) is 1. The largest absolute Gasteiger partial charge is 0.457 e. The zero-order chi connectivity index (χ0) is 18.1. The van der Waals surface area contributed by atoms with Crippen molar-refractivity contribution in [1.29, 1.82) is 0 Å². The number of amides is 2. The minimum absolute atomic E-state index is 0.0430. The number of thiocarbonyl (C=S) groups is 1. The third kappa shape index (κ3) is 3.46. The molecule has 2 aromatic rings. The number of furan rings is 1. The number of hydrogen-bond acceptors (Lipinski definition) is 4. The summed E-state index contributed by atoms with van der Waals surface area (Å²) in [7, 11) is 0. The van der Waals surface area contributed by atoms with E-state index >= 15 is 0 Å². The van der Waals surface area contributed by atoms with Crippen molar-refractivity contribution in [3.8, 4) is 11.3 Å². The molecule has 2 amide bonds. The molecular formula is C17H12Cl2N2O3S. The summed E-state index contributed by atoms with van der Waals surface area (Å²) < 4.78 is 5.70. The fraction of sp³-hybridized carbons (Fsp3) is 0.118. The van der Waals surface area contributed by atoms with Gasteiger partial charge in [-0.3, -0.25) is 19.8 Å². The fourth-order valence-electron chi connectivity index (χ4n) is 2.39. The van der Waals surface area contributed by atoms with Crippen molar-refractivity contribution in [3.63, 3.8) is 0 Å². The van der Waals surface area contributed by atoms with Crippen LogP contribution < -0.4 is 5.32 Å². The topological polar surface area (TPSA) is 62.6 Å². The van der Waals surface area contributed by atoms with Gasteiger partial charge in [-0.25, -0.2) is 0 Å². The van der Waals surface area contributed by atoms with Crippen molar-refractivity contribution < 1.29 is 14.0 Å². The molecule has 0 bridgehead atoms. The van der Waals surface area contributed by atoms with E-state index in [1.807, 2.05) is 0 Å². The summed E-state index contributed by atoms with van der Waals surface area (Å²) in [6.07, 6.45) is 1.38. The van der Waals surface area contributed by atoms with Gasteiger partial charge in [0.05, 0.1) is 5.02 Å². The molecule has 8 heteroatoms. The number of nitrogens with one attached hydrogen (secondary N) is 1. The van der Waals surface area contributed by atoms with Gasteiger partial charge < -0.3 is 4.42 Å². The average Bonchev–Trinajstić information content (AvgIpc) is 3.00. The van der Waals surface area contributed by atoms with E-state index in [0.29, 0.717) is 33.7 Å². The minimum Gasteiger partial charge on any atom is -0.457 e. The molecule has 0 radical (unpaired) electrons. The molecule has 1 fully saturated rings. The lowest BCUT2D eigenvalue weighted by molar-refractivity contribution is -0.128. The van der Waals surface area contributed by atoms with Gasteiger partial charge in [0.2, 0.25) is 0 Å². The standard InChI is InChI=1S/C17H12Cl2N2O3S/c1-2-21-16(23)12(15(22)20-17(21)25)8-10-4-6-14(24-10)11-5-3-9(18)7-13(11)19/h3-8H,2H2,1H3,(H,20,22,25)/b12-8+. The molecule has 1 saturated heterocycles. The molecule has 2 heterocycles. The Morgan fingerprint density at radius 2 is 2.00 bits per heavy atom. The predicted molar refractivity (Wildman–Crippen MR) is 100 cm³/mol. The van der Waals surface area contributed by atoms with Gasteiger partial charge in [-0.15, -0.1) is 0 Å². The zero-order valence-electron chi connectivity index (χ0n) is 13.0. The Labute approximate surface area is 159 Å². The molecule has 0 atom stereocenters. The normalized spacial score (nSPS) is 16.5. The van der Waals surface area contributed by atoms with Gasteiger partial charge >= 0.3 is 0 Å². The molecule has 25 heavy (non-hydrogen) atoms. The Kier molecular flexibility index (Phi) is 4.94. The lowest BCUT2D eigenvalue weighted by atomic mass is 10.1. The fourth-order valence-corrected chi connectivity index (χ4v) is 3.19. The van der Waals surface area contributed by atoms with Gasteiger partial charge in [-0.05, 0) is 55.5 Å². The van der Waals surface area contributed by atoms with Crippen LogP contribution in [0.2, 0.25) is 10.0 Å². The van der Waals surface area contributed by atoms with Gasteiger partial charge in [-0.2, -0.15) is 0 Å². The Hall–Kier alpha value is -2.15. The summed E-state index contributed by atoms with van der Waals surface area (Å²) in [5, 5.41) is 3.54. The first kappa shape index (κ1) is 17.7. The molecule has 3 rings (SSSR count). The number of carbonyl (C=O) groups is 2. The van der Waals surface area contributed by atoms with Gasteiger partial charge in [0, 0.05) is 17.1 Å². The summed E-state index contributed by atoms with van der Waals surface area (Å²) in [5.74, 6) is -0.163. The summed E-state index contributed by atoms with van der Waals surface area (Å²) in [4.78, 5) is 25.7. The van der Waals surface area contributed by atoms with Crippen LogP contribution in [0.3, 0.4) is 0 Å². The number of halogens is 2. The highest BCUT2D eigenvalue weighted by Crippen LogP contribution is 2.32. The van der Waals surface area contributed by atoms with E-state index in [1.54, 1.807) is 37.3 Å². The first-order valence-corrected chi connectivity index (χ1v) is 8.51. The van der Waals surface area contributed by atoms with Gasteiger partial charge in [0.1, 0.15) is 17.1 Å². The molecule has 0 unspecified atom stereocenters. The van der Waals surface area contributed by atoms with Crippen LogP contribution in [0.25, 0.3) is 17.4 Å². The molecule has 1 aliphatic rings. The molecule has 1 aromatic heterocycles. The predicted octanol–water partition coefficient (Wildman–Crippen LogP) is 3.90. The van der Waals surface area contributed by atoms with Crippen LogP contribution in [-0.4, -0.2) is 28.4 Å². The maximum absolute atomic E-state index is 12.4. The van der Waals surface area contributed by atoms with Crippen molar-refractivity contribution in [3.05, 3.63) is 51.7 Å². The SMILES string of the molecule is CCN1C(=O)/C(=C/c2ccc(-c3ccc(Cl)cc3Cl)o2)C(=O)NC1=S. The Morgan fingerprint density at radius 1 is 1.24 bits per heavy atom. The van der Waals surface area contributed by atoms with Crippen molar-refractivity contribution in [2.24, 2.45) is 0 Å². The highest BCUT2D eigenvalue weighted by molar-refractivity contribution is 7.80. The molecule has 128 valence electrons. The van der Waals surface area contributed by atoms with E-state index < -0.39 is 11.8 Å². The first-order valence-electron chi connectivity index (χ1n) is 7.35. The summed E-state index contributed by atoms with van der Waals surface area (Å²) >= 11 is 17.0. The van der Waals surface area contributed by atoms with Crippen LogP contribution in [0, 0.1) is 0 Å². The Balaban J connectivity index is 1.94. The second-order valence-electron chi connectivity index (χ2n) is 5.19. The van der Waals surface area contributed by atoms with E-state index in [2.05, 4.69) is 5.32 Å². The summed E-state index contributed by atoms with van der Waals surface area (Å²) in [5.41, 5.74) is 0.616. The maximum Gasteiger partial charge on any atom is 0.265 e. The van der Waals surface area contributed by atoms with Crippen LogP contribution >= 0.6 is 35.4 Å². The number of hydrogen-bond donors (Lipinski definition) is 1. The quantitative estimate of drug-likeness (QED) is 0.487. The van der Waals surface area contributed by atoms with Crippen LogP contribution in [0.15, 0.2) is 40.3 Å². The van der Waals surface area contributed by atoms with Gasteiger partial charge in [-0.1, -0.05) is 23.2 Å². The number of nitrogens with zero attached hydrogens (tertiary/aromatic N) is 1. The lowest BCUT2D eigenvalue weighted by Gasteiger charge is -2.27. The highest BCUT2D eigenvalue weighted by atomic mass is 35.5. The molecule has 1 aromatic carbocycles. The number of benzene rings is 1. The van der Waals surface area contributed by atoms with E-state index in [0.717, 1.165) is 0 Å². The third-order valence-electron chi connectivity index (χ3n) is 3.61. The zero-order valence-corrected chi connectivity index (χ0v) is 15.3. The minimum atomic E-state index is -0.554. The molecule has 1 N–H and O–H groups in total. The van der Waals surface area contributed by atoms with E-state index in [4.69, 9.17) is 39.8 Å². The molecule has 0 saturated carbocycles. The summed E-state index contributed by atoms with van der Waals surface area (Å²) in [6, 6.07) is 8.39. The molecule has 0 aliphatic carbocycles. The van der Waals surface area contributed by atoms with Crippen LogP contribution in [0.1, 0.15) is 12.7 Å². The van der Waals surface area contributed by atoms with Crippen molar-refractivity contribution in [2.45, 2.75) is 6.92 Å². The van der Waals surface area contributed by atoms with Crippen LogP contribution in [0.5, 0.6) is 0 Å². The lowest BCUT2D eigenvalue weighted by Crippen LogP contribution is -2.53. The molecule has 5 nitrogen and oxygen atoms in total. The molecule has 1 aliphatic heterocycles. The smallest absolute Gasteiger partial charge is 0.265 e. The Morgan fingerprint density at radius 3 is 2.68 bits per heavy atom. The number of rotatable bonds is 3. The average molecular weight is 395 g/mol. The van der Waals surface area contributed by atoms with Crippen molar-refractivity contribution >= 4 is 58.4 Å². The van der Waals surface area contributed by atoms with E-state index in [9.17, 15) is 9.59 Å². The van der Waals surface area contributed by atoms with E-state index in [-0.39, 0.29) is 10.7 Å². The third-order valence-corrected chi connectivity index (χ3v) is 4.48. The second-order valence-corrected chi connectivity index (χ2v) is 6.42. The molecular weight excluding hydrogens is 383 g/mol. The maximum atomic E-state index is 12.4. The van der Waals surface area contributed by atoms with E-state index in [1.165, 1.54) is 11.0 Å². The second kappa shape index (κ2) is 7.00.